The number of hydrogen-bond donors (Lipinski definition) is 1. The van der Waals surface area contributed by atoms with Gasteiger partial charge in [-0.3, -0.25) is 0 Å². The Kier molecular flexibility index (Phi) is 16.0. The number of halogens is 1. The maximum Gasteiger partial charge on any atom is 0.177 e. The van der Waals surface area contributed by atoms with E-state index in [1.807, 2.05) is 19.1 Å². The van der Waals surface area contributed by atoms with Crippen molar-refractivity contribution in [3.63, 3.8) is 0 Å². The van der Waals surface area contributed by atoms with Crippen LogP contribution in [0.2, 0.25) is 0 Å². The van der Waals surface area contributed by atoms with Crippen molar-refractivity contribution in [3.8, 4) is 0 Å². The van der Waals surface area contributed by atoms with E-state index < -0.39 is 0 Å². The molecule has 0 spiro atoms. The predicted octanol–water partition coefficient (Wildman–Crippen LogP) is 2.88. The Morgan fingerprint density at radius 2 is 1.44 bits per heavy atom. The lowest BCUT2D eigenvalue weighted by atomic mass is 10.1. The average molecular weight is 413 g/mol. The lowest BCUT2D eigenvalue weighted by molar-refractivity contribution is -0.697. The van der Waals surface area contributed by atoms with Gasteiger partial charge in [0.25, 0.3) is 0 Å². The lowest BCUT2D eigenvalue weighted by Crippen LogP contribution is -3.00. The van der Waals surface area contributed by atoms with Gasteiger partial charge in [-0.2, -0.15) is 0 Å². The molecule has 3 nitrogen and oxygen atoms in total. The third-order valence-electron chi connectivity index (χ3n) is 4.70. The van der Waals surface area contributed by atoms with Crippen molar-refractivity contribution in [1.29, 1.82) is 0 Å². The van der Waals surface area contributed by atoms with Crippen molar-refractivity contribution in [3.05, 3.63) is 30.1 Å². The summed E-state index contributed by atoms with van der Waals surface area (Å²) in [5, 5.41) is 12.1. The Morgan fingerprint density at radius 3 is 1.96 bits per heavy atom. The molecule has 0 saturated carbocycles. The zero-order valence-electron chi connectivity index (χ0n) is 16.2. The molecular formula is C21H37BrN2O. The summed E-state index contributed by atoms with van der Waals surface area (Å²) < 4.78 is 2.19. The molecule has 0 aliphatic heterocycles. The van der Waals surface area contributed by atoms with Crippen molar-refractivity contribution in [2.24, 2.45) is 5.16 Å². The molecule has 0 bridgehead atoms. The highest BCUT2D eigenvalue weighted by atomic mass is 79.9. The van der Waals surface area contributed by atoms with Crippen LogP contribution in [-0.2, 0) is 6.54 Å². The lowest BCUT2D eigenvalue weighted by Gasteiger charge is -2.02. The number of aryl methyl sites for hydroxylation is 1. The molecular weight excluding hydrogens is 376 g/mol. The second-order valence-electron chi connectivity index (χ2n) is 6.90. The van der Waals surface area contributed by atoms with E-state index in [0.717, 1.165) is 12.1 Å². The molecule has 0 saturated heterocycles. The fourth-order valence-corrected chi connectivity index (χ4v) is 3.07. The standard InChI is InChI=1S/C21H36N2O.BrH/c1-3-4-5-6-7-8-9-10-11-12-13-14-17-23-18-15-16-21(19-23)20(2)22-24;/h15-16,18-19H,3-14,17H2,1-2H3;1H. The number of aromatic nitrogens is 1. The summed E-state index contributed by atoms with van der Waals surface area (Å²) in [6.07, 6.45) is 20.7. The summed E-state index contributed by atoms with van der Waals surface area (Å²) in [5.74, 6) is 0. The summed E-state index contributed by atoms with van der Waals surface area (Å²) in [4.78, 5) is 0. The van der Waals surface area contributed by atoms with Gasteiger partial charge in [0.1, 0.15) is 6.54 Å². The van der Waals surface area contributed by atoms with Gasteiger partial charge in [0.2, 0.25) is 0 Å². The topological polar surface area (TPSA) is 36.5 Å². The fourth-order valence-electron chi connectivity index (χ4n) is 3.07. The van der Waals surface area contributed by atoms with Crippen molar-refractivity contribution in [2.75, 3.05) is 0 Å². The molecule has 1 N–H and O–H groups in total. The van der Waals surface area contributed by atoms with Crippen LogP contribution in [0.4, 0.5) is 0 Å². The highest BCUT2D eigenvalue weighted by molar-refractivity contribution is 5.97. The van der Waals surface area contributed by atoms with Crippen LogP contribution in [0.25, 0.3) is 0 Å². The summed E-state index contributed by atoms with van der Waals surface area (Å²) in [7, 11) is 0. The van der Waals surface area contributed by atoms with Gasteiger partial charge in [-0.1, -0.05) is 76.3 Å². The summed E-state index contributed by atoms with van der Waals surface area (Å²) in [6.45, 7) is 5.15. The summed E-state index contributed by atoms with van der Waals surface area (Å²) >= 11 is 0. The van der Waals surface area contributed by atoms with Gasteiger partial charge in [0.15, 0.2) is 12.4 Å². The first-order valence-corrected chi connectivity index (χ1v) is 9.96. The molecule has 0 unspecified atom stereocenters. The number of oxime groups is 1. The van der Waals surface area contributed by atoms with Crippen molar-refractivity contribution in [1.82, 2.24) is 0 Å². The Hall–Kier alpha value is -0.900. The average Bonchev–Trinajstić information content (AvgIpc) is 2.62. The van der Waals surface area contributed by atoms with Crippen LogP contribution in [0.3, 0.4) is 0 Å². The second-order valence-corrected chi connectivity index (χ2v) is 6.90. The smallest absolute Gasteiger partial charge is 0.177 e. The molecule has 1 heterocycles. The van der Waals surface area contributed by atoms with Crippen LogP contribution in [0.5, 0.6) is 0 Å². The molecule has 0 amide bonds. The van der Waals surface area contributed by atoms with Crippen molar-refractivity contribution >= 4 is 5.71 Å². The molecule has 0 radical (unpaired) electrons. The summed E-state index contributed by atoms with van der Waals surface area (Å²) in [6, 6.07) is 4.00. The second kappa shape index (κ2) is 16.6. The molecule has 0 fully saturated rings. The quantitative estimate of drug-likeness (QED) is 0.165. The Bertz CT molecular complexity index is 463. The predicted molar refractivity (Wildman–Crippen MR) is 102 cm³/mol. The zero-order chi connectivity index (χ0) is 17.5. The van der Waals surface area contributed by atoms with Gasteiger partial charge in [0, 0.05) is 12.5 Å². The van der Waals surface area contributed by atoms with E-state index in [9.17, 15) is 0 Å². The maximum absolute atomic E-state index is 8.85. The van der Waals surface area contributed by atoms with Crippen LogP contribution in [0.1, 0.15) is 96.5 Å². The fraction of sp³-hybridized carbons (Fsp3) is 0.714. The third-order valence-corrected chi connectivity index (χ3v) is 4.70. The van der Waals surface area contributed by atoms with Crippen LogP contribution in [-0.4, -0.2) is 10.9 Å². The number of pyridine rings is 1. The molecule has 1 aromatic rings. The van der Waals surface area contributed by atoms with E-state index in [1.165, 1.54) is 77.0 Å². The summed E-state index contributed by atoms with van der Waals surface area (Å²) in [5.41, 5.74) is 1.65. The van der Waals surface area contributed by atoms with Gasteiger partial charge in [-0.25, -0.2) is 4.57 Å². The number of unbranched alkanes of at least 4 members (excludes halogenated alkanes) is 11. The molecule has 0 aliphatic rings. The molecule has 0 atom stereocenters. The SMILES string of the molecule is CCCCCCCCCCCCCC[n+]1cccc(C(C)=NO)c1.[Br-]. The third kappa shape index (κ3) is 12.1. The van der Waals surface area contributed by atoms with Crippen LogP contribution < -0.4 is 21.5 Å². The number of nitrogens with zero attached hydrogens (tertiary/aromatic N) is 2. The maximum atomic E-state index is 8.85. The van der Waals surface area contributed by atoms with E-state index in [2.05, 4.69) is 29.0 Å². The minimum absolute atomic E-state index is 0. The van der Waals surface area contributed by atoms with E-state index in [0.29, 0.717) is 5.71 Å². The first-order valence-electron chi connectivity index (χ1n) is 9.96. The van der Waals surface area contributed by atoms with E-state index in [1.54, 1.807) is 0 Å². The number of rotatable bonds is 14. The van der Waals surface area contributed by atoms with Crippen LogP contribution in [0, 0.1) is 0 Å². The van der Waals surface area contributed by atoms with E-state index in [-0.39, 0.29) is 17.0 Å². The van der Waals surface area contributed by atoms with Gasteiger partial charge in [0.05, 0.1) is 11.3 Å². The first kappa shape index (κ1) is 24.1. The largest absolute Gasteiger partial charge is 1.00 e. The zero-order valence-corrected chi connectivity index (χ0v) is 17.8. The van der Waals surface area contributed by atoms with Crippen LogP contribution >= 0.6 is 0 Å². The first-order chi connectivity index (χ1) is 11.8. The molecule has 0 aromatic carbocycles. The molecule has 144 valence electrons. The molecule has 1 aromatic heterocycles. The van der Waals surface area contributed by atoms with Crippen LogP contribution in [0.15, 0.2) is 29.7 Å². The van der Waals surface area contributed by atoms with Crippen molar-refractivity contribution < 1.29 is 26.8 Å². The minimum atomic E-state index is 0. The van der Waals surface area contributed by atoms with Gasteiger partial charge in [-0.05, 0) is 19.4 Å². The normalized spacial score (nSPS) is 11.4. The Balaban J connectivity index is 0.00000576. The molecule has 0 aliphatic carbocycles. The van der Waals surface area contributed by atoms with Crippen molar-refractivity contribution in [2.45, 2.75) is 97.4 Å². The molecule has 25 heavy (non-hydrogen) atoms. The van der Waals surface area contributed by atoms with Gasteiger partial charge in [-0.15, -0.1) is 0 Å². The highest BCUT2D eigenvalue weighted by Gasteiger charge is 2.05. The van der Waals surface area contributed by atoms with E-state index >= 15 is 0 Å². The minimum Gasteiger partial charge on any atom is -1.00 e. The Morgan fingerprint density at radius 1 is 0.920 bits per heavy atom. The Labute approximate surface area is 165 Å². The number of hydrogen-bond acceptors (Lipinski definition) is 2. The van der Waals surface area contributed by atoms with Gasteiger partial charge >= 0.3 is 0 Å². The van der Waals surface area contributed by atoms with E-state index in [4.69, 9.17) is 5.21 Å². The highest BCUT2D eigenvalue weighted by Crippen LogP contribution is 2.11. The van der Waals surface area contributed by atoms with Gasteiger partial charge < -0.3 is 22.2 Å². The molecule has 4 heteroatoms. The monoisotopic (exact) mass is 412 g/mol. The molecule has 1 rings (SSSR count).